The summed E-state index contributed by atoms with van der Waals surface area (Å²) < 4.78 is 28.4. The normalized spacial score (nSPS) is 12.7. The van der Waals surface area contributed by atoms with Gasteiger partial charge in [0.2, 0.25) is 12.5 Å². The summed E-state index contributed by atoms with van der Waals surface area (Å²) in [5, 5.41) is 12.1. The van der Waals surface area contributed by atoms with E-state index in [9.17, 15) is 9.18 Å². The number of carboxylic acids is 1. The van der Waals surface area contributed by atoms with Crippen molar-refractivity contribution in [2.75, 3.05) is 6.79 Å². The minimum Gasteiger partial charge on any atom is -0.476 e. The minimum atomic E-state index is -1.21. The Balaban J connectivity index is 2.12. The Labute approximate surface area is 99.5 Å². The molecule has 0 atom stereocenters. The highest BCUT2D eigenvalue weighted by molar-refractivity contribution is 5.87. The zero-order valence-corrected chi connectivity index (χ0v) is 8.84. The molecule has 7 heteroatoms. The van der Waals surface area contributed by atoms with Crippen molar-refractivity contribution in [3.05, 3.63) is 29.7 Å². The van der Waals surface area contributed by atoms with Gasteiger partial charge in [-0.2, -0.15) is 0 Å². The summed E-state index contributed by atoms with van der Waals surface area (Å²) in [6.07, 6.45) is 0. The molecule has 1 aromatic carbocycles. The van der Waals surface area contributed by atoms with Gasteiger partial charge in [-0.25, -0.2) is 9.18 Å². The van der Waals surface area contributed by atoms with E-state index in [0.717, 1.165) is 0 Å². The average Bonchev–Trinajstić information content (AvgIpc) is 2.98. The van der Waals surface area contributed by atoms with Crippen molar-refractivity contribution >= 4 is 5.97 Å². The number of fused-ring (bicyclic) bond motifs is 1. The van der Waals surface area contributed by atoms with Crippen LogP contribution >= 0.6 is 0 Å². The van der Waals surface area contributed by atoms with Crippen molar-refractivity contribution in [1.82, 2.24) is 5.16 Å². The third-order valence-corrected chi connectivity index (χ3v) is 2.47. The van der Waals surface area contributed by atoms with Gasteiger partial charge in [0, 0.05) is 6.07 Å². The van der Waals surface area contributed by atoms with Crippen LogP contribution in [0.5, 0.6) is 11.5 Å². The molecular formula is C11H6FNO5. The topological polar surface area (TPSA) is 81.8 Å². The van der Waals surface area contributed by atoms with Crippen molar-refractivity contribution in [2.24, 2.45) is 0 Å². The maximum atomic E-state index is 13.4. The molecule has 0 amide bonds. The monoisotopic (exact) mass is 251 g/mol. The summed E-state index contributed by atoms with van der Waals surface area (Å²) in [6, 6.07) is 3.83. The van der Waals surface area contributed by atoms with Gasteiger partial charge < -0.3 is 19.1 Å². The van der Waals surface area contributed by atoms with E-state index in [0.29, 0.717) is 5.56 Å². The van der Waals surface area contributed by atoms with Crippen LogP contribution in [0.1, 0.15) is 10.5 Å². The number of halogens is 1. The van der Waals surface area contributed by atoms with Crippen LogP contribution in [0.4, 0.5) is 4.39 Å². The van der Waals surface area contributed by atoms with Gasteiger partial charge in [-0.15, -0.1) is 0 Å². The smallest absolute Gasteiger partial charge is 0.358 e. The number of nitrogens with zero attached hydrogens (tertiary/aromatic N) is 1. The Hall–Kier alpha value is -2.57. The van der Waals surface area contributed by atoms with E-state index >= 15 is 0 Å². The number of carboxylic acid groups (broad SMARTS) is 1. The number of carbonyl (C=O) groups is 1. The number of aromatic carboxylic acids is 1. The Bertz CT molecular complexity index is 636. The van der Waals surface area contributed by atoms with Crippen LogP contribution in [0.15, 0.2) is 22.7 Å². The molecule has 0 spiro atoms. The van der Waals surface area contributed by atoms with Crippen LogP contribution in [0, 0.1) is 5.82 Å². The fourth-order valence-corrected chi connectivity index (χ4v) is 1.66. The maximum absolute atomic E-state index is 13.4. The van der Waals surface area contributed by atoms with E-state index in [1.807, 2.05) is 0 Å². The van der Waals surface area contributed by atoms with Crippen molar-refractivity contribution in [1.29, 1.82) is 0 Å². The molecule has 2 aromatic rings. The van der Waals surface area contributed by atoms with E-state index < -0.39 is 11.8 Å². The predicted molar refractivity (Wildman–Crippen MR) is 55.0 cm³/mol. The number of benzene rings is 1. The highest BCUT2D eigenvalue weighted by atomic mass is 19.1. The lowest BCUT2D eigenvalue weighted by molar-refractivity contribution is 0.0686. The van der Waals surface area contributed by atoms with Gasteiger partial charge in [-0.05, 0) is 12.1 Å². The van der Waals surface area contributed by atoms with Gasteiger partial charge in [-0.3, -0.25) is 0 Å². The molecule has 92 valence electrons. The van der Waals surface area contributed by atoms with E-state index in [4.69, 9.17) is 19.1 Å². The second-order valence-electron chi connectivity index (χ2n) is 3.54. The first-order valence-electron chi connectivity index (χ1n) is 4.95. The quantitative estimate of drug-likeness (QED) is 0.877. The van der Waals surface area contributed by atoms with E-state index in [2.05, 4.69) is 5.16 Å². The maximum Gasteiger partial charge on any atom is 0.358 e. The SMILES string of the molecule is O=C(O)c1cc(-c2ccc(F)c3c2OCO3)on1. The first-order valence-corrected chi connectivity index (χ1v) is 4.95. The largest absolute Gasteiger partial charge is 0.476 e. The molecule has 0 saturated heterocycles. The summed E-state index contributed by atoms with van der Waals surface area (Å²) >= 11 is 0. The highest BCUT2D eigenvalue weighted by Gasteiger charge is 2.25. The second-order valence-corrected chi connectivity index (χ2v) is 3.54. The van der Waals surface area contributed by atoms with Gasteiger partial charge >= 0.3 is 5.97 Å². The lowest BCUT2D eigenvalue weighted by Gasteiger charge is -2.02. The summed E-state index contributed by atoms with van der Waals surface area (Å²) in [5.74, 6) is -1.41. The fourth-order valence-electron chi connectivity index (χ4n) is 1.66. The molecule has 0 saturated carbocycles. The molecule has 6 nitrogen and oxygen atoms in total. The molecule has 1 N–H and O–H groups in total. The lowest BCUT2D eigenvalue weighted by atomic mass is 10.1. The summed E-state index contributed by atoms with van der Waals surface area (Å²) in [7, 11) is 0. The molecule has 0 bridgehead atoms. The van der Waals surface area contributed by atoms with Gasteiger partial charge in [0.1, 0.15) is 0 Å². The van der Waals surface area contributed by atoms with Crippen molar-refractivity contribution < 1.29 is 28.3 Å². The molecule has 1 aliphatic heterocycles. The van der Waals surface area contributed by atoms with Crippen LogP contribution in [-0.2, 0) is 0 Å². The summed E-state index contributed by atoms with van der Waals surface area (Å²) in [5.41, 5.74) is 0.158. The standard InChI is InChI=1S/C11H6FNO5/c12-6-2-1-5(9-10(6)17-4-16-9)8-3-7(11(14)15)13-18-8/h1-3H,4H2,(H,14,15). The third kappa shape index (κ3) is 1.48. The highest BCUT2D eigenvalue weighted by Crippen LogP contribution is 2.43. The first-order chi connectivity index (χ1) is 8.66. The molecular weight excluding hydrogens is 245 g/mol. The number of aromatic nitrogens is 1. The van der Waals surface area contributed by atoms with E-state index in [1.54, 1.807) is 0 Å². The average molecular weight is 251 g/mol. The Morgan fingerprint density at radius 1 is 1.33 bits per heavy atom. The molecule has 0 unspecified atom stereocenters. The second kappa shape index (κ2) is 3.73. The van der Waals surface area contributed by atoms with Gasteiger partial charge in [-0.1, -0.05) is 5.16 Å². The zero-order valence-electron chi connectivity index (χ0n) is 8.84. The molecule has 18 heavy (non-hydrogen) atoms. The van der Waals surface area contributed by atoms with E-state index in [1.165, 1.54) is 18.2 Å². The summed E-state index contributed by atoms with van der Waals surface area (Å²) in [6.45, 7) is -0.0941. The first kappa shape index (κ1) is 10.6. The lowest BCUT2D eigenvalue weighted by Crippen LogP contribution is -1.94. The Morgan fingerprint density at radius 3 is 2.83 bits per heavy atom. The van der Waals surface area contributed by atoms with Crippen molar-refractivity contribution in [3.63, 3.8) is 0 Å². The van der Waals surface area contributed by atoms with Crippen molar-refractivity contribution in [2.45, 2.75) is 0 Å². The van der Waals surface area contributed by atoms with Gasteiger partial charge in [0.15, 0.2) is 23.0 Å². The van der Waals surface area contributed by atoms with Crippen LogP contribution in [0.25, 0.3) is 11.3 Å². The third-order valence-electron chi connectivity index (χ3n) is 2.47. The molecule has 0 fully saturated rings. The van der Waals surface area contributed by atoms with Crippen LogP contribution in [-0.4, -0.2) is 23.0 Å². The number of ether oxygens (including phenoxy) is 2. The van der Waals surface area contributed by atoms with Crippen molar-refractivity contribution in [3.8, 4) is 22.8 Å². The Kier molecular flexibility index (Phi) is 2.19. The van der Waals surface area contributed by atoms with Gasteiger partial charge in [0.25, 0.3) is 0 Å². The minimum absolute atomic E-state index is 0.0132. The molecule has 2 heterocycles. The zero-order chi connectivity index (χ0) is 12.7. The molecule has 0 radical (unpaired) electrons. The molecule has 0 aliphatic carbocycles. The number of hydrogen-bond acceptors (Lipinski definition) is 5. The molecule has 1 aromatic heterocycles. The van der Waals surface area contributed by atoms with Crippen LogP contribution in [0.3, 0.4) is 0 Å². The molecule has 3 rings (SSSR count). The Morgan fingerprint density at radius 2 is 2.11 bits per heavy atom. The van der Waals surface area contributed by atoms with Crippen LogP contribution in [0.2, 0.25) is 0 Å². The van der Waals surface area contributed by atoms with Crippen LogP contribution < -0.4 is 9.47 Å². The fraction of sp³-hybridized carbons (Fsp3) is 0.0909. The molecule has 1 aliphatic rings. The van der Waals surface area contributed by atoms with E-state index in [-0.39, 0.29) is 29.7 Å². The summed E-state index contributed by atoms with van der Waals surface area (Å²) in [4.78, 5) is 10.7. The predicted octanol–water partition coefficient (Wildman–Crippen LogP) is 1.91. The number of hydrogen-bond donors (Lipinski definition) is 1. The number of rotatable bonds is 2. The van der Waals surface area contributed by atoms with Gasteiger partial charge in [0.05, 0.1) is 5.56 Å².